The maximum atomic E-state index is 6.51. The normalized spacial score (nSPS) is 18.0. The van der Waals surface area contributed by atoms with Gasteiger partial charge >= 0.3 is 0 Å². The number of aromatic nitrogens is 4. The molecule has 2 aromatic heterocycles. The van der Waals surface area contributed by atoms with Gasteiger partial charge in [0, 0.05) is 37.2 Å². The van der Waals surface area contributed by atoms with Crippen LogP contribution < -0.4 is 20.8 Å². The van der Waals surface area contributed by atoms with E-state index in [9.17, 15) is 0 Å². The van der Waals surface area contributed by atoms with Gasteiger partial charge in [-0.2, -0.15) is 5.10 Å². The minimum atomic E-state index is -0.0630. The van der Waals surface area contributed by atoms with Crippen molar-refractivity contribution in [2.24, 2.45) is 0 Å². The molecule has 0 unspecified atom stereocenters. The van der Waals surface area contributed by atoms with Gasteiger partial charge in [0.05, 0.1) is 11.6 Å². The van der Waals surface area contributed by atoms with Crippen LogP contribution in [0.15, 0.2) is 49.1 Å². The van der Waals surface area contributed by atoms with E-state index in [2.05, 4.69) is 31.6 Å². The maximum Gasteiger partial charge on any atom is 0.232 e. The monoisotopic (exact) mass is 418 g/mol. The zero-order chi connectivity index (χ0) is 21.4. The van der Waals surface area contributed by atoms with E-state index in [1.54, 1.807) is 6.33 Å². The van der Waals surface area contributed by atoms with Crippen LogP contribution >= 0.6 is 0 Å². The van der Waals surface area contributed by atoms with Crippen molar-refractivity contribution >= 4 is 17.2 Å². The molecule has 0 bridgehead atoms. The number of nitrogens with two attached hydrogens (primary N) is 2. The SMILES string of the molecule is CC1(Oc2ccc(N)c(C(=[NH2+])c3cc(N4CCC(n5cccn5)CC4)ncn3)c2)CC1. The summed E-state index contributed by atoms with van der Waals surface area (Å²) in [7, 11) is 0. The average Bonchev–Trinajstić information content (AvgIpc) is 3.27. The molecule has 31 heavy (non-hydrogen) atoms. The Morgan fingerprint density at radius 3 is 2.71 bits per heavy atom. The smallest absolute Gasteiger partial charge is 0.232 e. The highest BCUT2D eigenvalue weighted by molar-refractivity contribution is 6.11. The molecule has 2 aliphatic rings. The largest absolute Gasteiger partial charge is 0.488 e. The molecule has 0 radical (unpaired) electrons. The Balaban J connectivity index is 1.32. The van der Waals surface area contributed by atoms with Gasteiger partial charge in [0.25, 0.3) is 0 Å². The van der Waals surface area contributed by atoms with Crippen molar-refractivity contribution in [3.63, 3.8) is 0 Å². The third kappa shape index (κ3) is 4.10. The molecule has 8 heteroatoms. The predicted molar refractivity (Wildman–Crippen MR) is 119 cm³/mol. The van der Waals surface area contributed by atoms with E-state index in [0.717, 1.165) is 55.9 Å². The molecule has 3 heterocycles. The first-order valence-corrected chi connectivity index (χ1v) is 10.8. The van der Waals surface area contributed by atoms with E-state index in [1.165, 1.54) is 0 Å². The fourth-order valence-corrected chi connectivity index (χ4v) is 4.06. The van der Waals surface area contributed by atoms with Crippen LogP contribution in [0.4, 0.5) is 11.5 Å². The van der Waals surface area contributed by atoms with Crippen LogP contribution in [0.25, 0.3) is 0 Å². The molecule has 8 nitrogen and oxygen atoms in total. The van der Waals surface area contributed by atoms with Gasteiger partial charge in [-0.05, 0) is 56.9 Å². The first-order valence-electron chi connectivity index (χ1n) is 10.8. The molecule has 2 fully saturated rings. The molecule has 1 saturated heterocycles. The third-order valence-electron chi connectivity index (χ3n) is 6.25. The van der Waals surface area contributed by atoms with Crippen molar-refractivity contribution in [2.45, 2.75) is 44.2 Å². The van der Waals surface area contributed by atoms with E-state index in [0.29, 0.717) is 23.1 Å². The molecule has 1 aromatic carbocycles. The summed E-state index contributed by atoms with van der Waals surface area (Å²) in [6, 6.07) is 9.99. The highest BCUT2D eigenvalue weighted by Gasteiger charge is 2.40. The lowest BCUT2D eigenvalue weighted by Crippen LogP contribution is -2.42. The number of rotatable bonds is 6. The van der Waals surface area contributed by atoms with Crippen LogP contribution in [0.2, 0.25) is 0 Å². The summed E-state index contributed by atoms with van der Waals surface area (Å²) in [5.74, 6) is 1.66. The minimum absolute atomic E-state index is 0.0630. The summed E-state index contributed by atoms with van der Waals surface area (Å²) in [4.78, 5) is 11.2. The summed E-state index contributed by atoms with van der Waals surface area (Å²) in [6.45, 7) is 3.93. The summed E-state index contributed by atoms with van der Waals surface area (Å²) < 4.78 is 8.13. The highest BCUT2D eigenvalue weighted by Crippen LogP contribution is 2.40. The van der Waals surface area contributed by atoms with Gasteiger partial charge in [-0.1, -0.05) is 0 Å². The van der Waals surface area contributed by atoms with Crippen molar-refractivity contribution in [2.75, 3.05) is 23.7 Å². The molecule has 0 amide bonds. The second-order valence-electron chi connectivity index (χ2n) is 8.68. The van der Waals surface area contributed by atoms with E-state index in [-0.39, 0.29) is 5.60 Å². The Hall–Kier alpha value is -3.42. The van der Waals surface area contributed by atoms with Crippen molar-refractivity contribution in [1.82, 2.24) is 19.7 Å². The molecule has 0 atom stereocenters. The van der Waals surface area contributed by atoms with Gasteiger partial charge in [-0.3, -0.25) is 10.1 Å². The fourth-order valence-electron chi connectivity index (χ4n) is 4.06. The topological polar surface area (TPSA) is 108 Å². The minimum Gasteiger partial charge on any atom is -0.488 e. The molecular formula is C23H28N7O+. The Kier molecular flexibility index (Phi) is 4.84. The number of hydrogen-bond acceptors (Lipinski definition) is 6. The van der Waals surface area contributed by atoms with Gasteiger partial charge in [0.2, 0.25) is 5.71 Å². The number of hydrogen-bond donors (Lipinski definition) is 2. The molecule has 1 aliphatic heterocycles. The number of piperidine rings is 1. The molecule has 3 aromatic rings. The molecule has 1 aliphatic carbocycles. The van der Waals surface area contributed by atoms with Crippen LogP contribution in [0.5, 0.6) is 5.75 Å². The van der Waals surface area contributed by atoms with E-state index >= 15 is 0 Å². The van der Waals surface area contributed by atoms with Crippen LogP contribution in [0, 0.1) is 0 Å². The number of benzene rings is 1. The Morgan fingerprint density at radius 2 is 2.00 bits per heavy atom. The number of anilines is 2. The molecule has 1 saturated carbocycles. The van der Waals surface area contributed by atoms with Crippen molar-refractivity contribution in [1.29, 1.82) is 0 Å². The molecule has 4 N–H and O–H groups in total. The molecule has 160 valence electrons. The number of ether oxygens (including phenoxy) is 1. The van der Waals surface area contributed by atoms with E-state index < -0.39 is 0 Å². The van der Waals surface area contributed by atoms with Crippen LogP contribution in [-0.2, 0) is 0 Å². The van der Waals surface area contributed by atoms with Gasteiger partial charge in [-0.25, -0.2) is 9.97 Å². The maximum absolute atomic E-state index is 6.51. The predicted octanol–water partition coefficient (Wildman–Crippen LogP) is 1.62. The van der Waals surface area contributed by atoms with Crippen molar-refractivity contribution < 1.29 is 10.1 Å². The Morgan fingerprint density at radius 1 is 1.19 bits per heavy atom. The first kappa shape index (κ1) is 19.5. The average molecular weight is 419 g/mol. The lowest BCUT2D eigenvalue weighted by molar-refractivity contribution is -0.111. The van der Waals surface area contributed by atoms with Crippen LogP contribution in [0.1, 0.15) is 49.9 Å². The standard InChI is InChI=1S/C23H27N7O/c1-23(7-8-23)31-17-3-4-19(24)18(13-17)22(25)20-14-21(27-15-26-20)29-11-5-16(6-12-29)30-10-2-9-28-30/h2-4,9-10,13-16,25H,5-8,11-12,24H2,1H3/p+1. The Bertz CT molecular complexity index is 1080. The summed E-state index contributed by atoms with van der Waals surface area (Å²) >= 11 is 0. The second kappa shape index (κ2) is 7.68. The fraction of sp³-hybridized carbons (Fsp3) is 0.391. The van der Waals surface area contributed by atoms with E-state index in [4.69, 9.17) is 15.9 Å². The number of nitrogen functional groups attached to an aromatic ring is 1. The third-order valence-corrected chi connectivity index (χ3v) is 6.25. The summed E-state index contributed by atoms with van der Waals surface area (Å²) in [5.41, 5.74) is 8.70. The van der Waals surface area contributed by atoms with Gasteiger partial charge in [0.15, 0.2) is 0 Å². The van der Waals surface area contributed by atoms with Gasteiger partial charge in [0.1, 0.15) is 29.2 Å². The molecular weight excluding hydrogens is 390 g/mol. The zero-order valence-corrected chi connectivity index (χ0v) is 17.7. The second-order valence-corrected chi connectivity index (χ2v) is 8.68. The van der Waals surface area contributed by atoms with Gasteiger partial charge < -0.3 is 15.4 Å². The molecule has 5 rings (SSSR count). The van der Waals surface area contributed by atoms with E-state index in [1.807, 2.05) is 42.7 Å². The van der Waals surface area contributed by atoms with Crippen LogP contribution in [0.3, 0.4) is 0 Å². The van der Waals surface area contributed by atoms with Crippen LogP contribution in [-0.4, -0.2) is 44.2 Å². The highest BCUT2D eigenvalue weighted by atomic mass is 16.5. The quantitative estimate of drug-likeness (QED) is 0.465. The lowest BCUT2D eigenvalue weighted by Gasteiger charge is -2.32. The lowest BCUT2D eigenvalue weighted by atomic mass is 10.0. The Labute approximate surface area is 181 Å². The number of nitrogens with zero attached hydrogens (tertiary/aromatic N) is 5. The summed E-state index contributed by atoms with van der Waals surface area (Å²) in [5, 5.41) is 10.9. The molecule has 0 spiro atoms. The first-order chi connectivity index (χ1) is 15.0. The summed E-state index contributed by atoms with van der Waals surface area (Å²) in [6.07, 6.45) is 9.61. The zero-order valence-electron chi connectivity index (χ0n) is 17.7. The van der Waals surface area contributed by atoms with Crippen molar-refractivity contribution in [3.05, 3.63) is 60.3 Å². The van der Waals surface area contributed by atoms with Gasteiger partial charge in [-0.15, -0.1) is 0 Å². The van der Waals surface area contributed by atoms with Crippen molar-refractivity contribution in [3.8, 4) is 5.75 Å².